The van der Waals surface area contributed by atoms with E-state index >= 15 is 0 Å². The molecule has 0 aliphatic heterocycles. The highest BCUT2D eigenvalue weighted by atomic mass is 15.3. The molecule has 1 spiro atoms. The van der Waals surface area contributed by atoms with Crippen LogP contribution < -0.4 is 5.73 Å². The lowest BCUT2D eigenvalue weighted by atomic mass is 9.51. The summed E-state index contributed by atoms with van der Waals surface area (Å²) in [4.78, 5) is 0. The van der Waals surface area contributed by atoms with Crippen molar-refractivity contribution in [3.8, 4) is 0 Å². The van der Waals surface area contributed by atoms with E-state index in [1.807, 2.05) is 11.7 Å². The SMILES string of the molecule is Cc1c(C2CC3(CCC3)C2)nn(C)c1N. The summed E-state index contributed by atoms with van der Waals surface area (Å²) >= 11 is 0. The van der Waals surface area contributed by atoms with Gasteiger partial charge in [-0.05, 0) is 38.0 Å². The van der Waals surface area contributed by atoms with Crippen molar-refractivity contribution in [1.82, 2.24) is 9.78 Å². The maximum absolute atomic E-state index is 5.93. The molecule has 2 aliphatic rings. The van der Waals surface area contributed by atoms with E-state index in [4.69, 9.17) is 5.73 Å². The van der Waals surface area contributed by atoms with E-state index in [0.717, 1.165) is 11.2 Å². The Morgan fingerprint density at radius 1 is 1.40 bits per heavy atom. The van der Waals surface area contributed by atoms with Crippen LogP contribution in [0.25, 0.3) is 0 Å². The van der Waals surface area contributed by atoms with Gasteiger partial charge in [-0.3, -0.25) is 4.68 Å². The van der Waals surface area contributed by atoms with Gasteiger partial charge in [-0.15, -0.1) is 0 Å². The fourth-order valence-electron chi connectivity index (χ4n) is 3.32. The van der Waals surface area contributed by atoms with Crippen LogP contribution in [0.4, 0.5) is 5.82 Å². The Hall–Kier alpha value is -0.990. The van der Waals surface area contributed by atoms with E-state index in [1.165, 1.54) is 43.4 Å². The summed E-state index contributed by atoms with van der Waals surface area (Å²) in [5.74, 6) is 1.52. The Morgan fingerprint density at radius 3 is 2.47 bits per heavy atom. The Bertz CT molecular complexity index is 393. The Labute approximate surface area is 90.7 Å². The van der Waals surface area contributed by atoms with Crippen molar-refractivity contribution < 1.29 is 0 Å². The lowest BCUT2D eigenvalue weighted by molar-refractivity contribution is 0.00726. The van der Waals surface area contributed by atoms with Crippen molar-refractivity contribution in [3.63, 3.8) is 0 Å². The molecule has 3 nitrogen and oxygen atoms in total. The number of aryl methyl sites for hydroxylation is 1. The molecule has 2 aliphatic carbocycles. The van der Waals surface area contributed by atoms with Gasteiger partial charge < -0.3 is 5.73 Å². The van der Waals surface area contributed by atoms with Crippen molar-refractivity contribution in [2.75, 3.05) is 5.73 Å². The van der Waals surface area contributed by atoms with Gasteiger partial charge in [0.05, 0.1) is 5.69 Å². The van der Waals surface area contributed by atoms with Crippen LogP contribution in [0.3, 0.4) is 0 Å². The first-order valence-corrected chi connectivity index (χ1v) is 5.90. The molecular weight excluding hydrogens is 186 g/mol. The molecule has 0 saturated heterocycles. The van der Waals surface area contributed by atoms with Gasteiger partial charge >= 0.3 is 0 Å². The van der Waals surface area contributed by atoms with Crippen molar-refractivity contribution in [2.24, 2.45) is 12.5 Å². The molecule has 1 aromatic heterocycles. The molecular formula is C12H19N3. The standard InChI is InChI=1S/C12H19N3/c1-8-10(14-15(2)11(8)13)9-6-12(7-9)4-3-5-12/h9H,3-7,13H2,1-2H3. The summed E-state index contributed by atoms with van der Waals surface area (Å²) in [7, 11) is 1.93. The zero-order chi connectivity index (χ0) is 10.6. The molecule has 82 valence electrons. The molecule has 15 heavy (non-hydrogen) atoms. The molecule has 0 amide bonds. The van der Waals surface area contributed by atoms with E-state index in [1.54, 1.807) is 0 Å². The number of rotatable bonds is 1. The molecule has 0 aromatic carbocycles. The molecule has 1 heterocycles. The number of hydrogen-bond acceptors (Lipinski definition) is 2. The molecule has 2 N–H and O–H groups in total. The van der Waals surface area contributed by atoms with Crippen molar-refractivity contribution in [3.05, 3.63) is 11.3 Å². The van der Waals surface area contributed by atoms with E-state index in [-0.39, 0.29) is 0 Å². The third-order valence-electron chi connectivity index (χ3n) is 4.53. The van der Waals surface area contributed by atoms with E-state index < -0.39 is 0 Å². The Kier molecular flexibility index (Phi) is 1.71. The van der Waals surface area contributed by atoms with Crippen LogP contribution in [0, 0.1) is 12.3 Å². The minimum atomic E-state index is 0.689. The highest BCUT2D eigenvalue weighted by molar-refractivity contribution is 5.44. The summed E-state index contributed by atoms with van der Waals surface area (Å²) in [6.07, 6.45) is 7.04. The fraction of sp³-hybridized carbons (Fsp3) is 0.750. The third kappa shape index (κ3) is 1.15. The first kappa shape index (κ1) is 9.25. The van der Waals surface area contributed by atoms with Crippen LogP contribution in [-0.4, -0.2) is 9.78 Å². The number of nitrogens with two attached hydrogens (primary N) is 1. The maximum Gasteiger partial charge on any atom is 0.124 e. The van der Waals surface area contributed by atoms with Gasteiger partial charge in [0.1, 0.15) is 5.82 Å². The van der Waals surface area contributed by atoms with Crippen molar-refractivity contribution in [2.45, 2.75) is 44.9 Å². The van der Waals surface area contributed by atoms with Gasteiger partial charge in [-0.1, -0.05) is 6.42 Å². The molecule has 3 rings (SSSR count). The molecule has 2 fully saturated rings. The van der Waals surface area contributed by atoms with Crippen LogP contribution in [0.15, 0.2) is 0 Å². The summed E-state index contributed by atoms with van der Waals surface area (Å²) < 4.78 is 1.82. The summed E-state index contributed by atoms with van der Waals surface area (Å²) in [6.45, 7) is 2.10. The topological polar surface area (TPSA) is 43.8 Å². The van der Waals surface area contributed by atoms with Crippen LogP contribution in [0.2, 0.25) is 0 Å². The van der Waals surface area contributed by atoms with Gasteiger partial charge in [-0.25, -0.2) is 0 Å². The predicted molar refractivity (Wildman–Crippen MR) is 60.6 cm³/mol. The van der Waals surface area contributed by atoms with Gasteiger partial charge in [0.25, 0.3) is 0 Å². The molecule has 0 unspecified atom stereocenters. The minimum Gasteiger partial charge on any atom is -0.384 e. The Morgan fingerprint density at radius 2 is 2.07 bits per heavy atom. The molecule has 2 saturated carbocycles. The number of nitrogens with zero attached hydrogens (tertiary/aromatic N) is 2. The first-order valence-electron chi connectivity index (χ1n) is 5.90. The average molecular weight is 205 g/mol. The summed E-state index contributed by atoms with van der Waals surface area (Å²) in [5.41, 5.74) is 9.12. The molecule has 3 heteroatoms. The van der Waals surface area contributed by atoms with E-state index in [9.17, 15) is 0 Å². The summed E-state index contributed by atoms with van der Waals surface area (Å²) in [6, 6.07) is 0. The second-order valence-corrected chi connectivity index (χ2v) is 5.48. The monoisotopic (exact) mass is 205 g/mol. The molecule has 0 bridgehead atoms. The number of anilines is 1. The normalized spacial score (nSPS) is 23.9. The zero-order valence-electron chi connectivity index (χ0n) is 9.58. The largest absolute Gasteiger partial charge is 0.384 e. The lowest BCUT2D eigenvalue weighted by Gasteiger charge is -2.54. The van der Waals surface area contributed by atoms with Gasteiger partial charge in [0.2, 0.25) is 0 Å². The van der Waals surface area contributed by atoms with Crippen molar-refractivity contribution >= 4 is 5.82 Å². The number of nitrogen functional groups attached to an aromatic ring is 1. The van der Waals surface area contributed by atoms with Crippen LogP contribution in [0.5, 0.6) is 0 Å². The van der Waals surface area contributed by atoms with Gasteiger partial charge in [0, 0.05) is 18.5 Å². The first-order chi connectivity index (χ1) is 7.11. The van der Waals surface area contributed by atoms with E-state index in [2.05, 4.69) is 12.0 Å². The highest BCUT2D eigenvalue weighted by Gasteiger charge is 2.49. The fourth-order valence-corrected chi connectivity index (χ4v) is 3.32. The van der Waals surface area contributed by atoms with E-state index in [0.29, 0.717) is 5.92 Å². The molecule has 1 aromatic rings. The smallest absolute Gasteiger partial charge is 0.124 e. The van der Waals surface area contributed by atoms with Crippen molar-refractivity contribution in [1.29, 1.82) is 0 Å². The zero-order valence-corrected chi connectivity index (χ0v) is 9.58. The Balaban J connectivity index is 1.80. The number of aromatic nitrogens is 2. The second kappa shape index (κ2) is 2.77. The maximum atomic E-state index is 5.93. The second-order valence-electron chi connectivity index (χ2n) is 5.48. The average Bonchev–Trinajstić information content (AvgIpc) is 2.29. The van der Waals surface area contributed by atoms with Gasteiger partial charge in [0.15, 0.2) is 0 Å². The van der Waals surface area contributed by atoms with Crippen LogP contribution >= 0.6 is 0 Å². The lowest BCUT2D eigenvalue weighted by Crippen LogP contribution is -2.41. The third-order valence-corrected chi connectivity index (χ3v) is 4.53. The highest BCUT2D eigenvalue weighted by Crippen LogP contribution is 2.62. The minimum absolute atomic E-state index is 0.689. The number of hydrogen-bond donors (Lipinski definition) is 1. The molecule has 0 radical (unpaired) electrons. The van der Waals surface area contributed by atoms with Crippen LogP contribution in [0.1, 0.15) is 49.3 Å². The summed E-state index contributed by atoms with van der Waals surface area (Å²) in [5, 5.41) is 4.55. The molecule has 0 atom stereocenters. The quantitative estimate of drug-likeness (QED) is 0.765. The predicted octanol–water partition coefficient (Wildman–Crippen LogP) is 2.36. The van der Waals surface area contributed by atoms with Crippen LogP contribution in [-0.2, 0) is 7.05 Å². The van der Waals surface area contributed by atoms with Gasteiger partial charge in [-0.2, -0.15) is 5.10 Å².